The molecule has 0 radical (unpaired) electrons. The molecule has 164 valence electrons. The van der Waals surface area contributed by atoms with Gasteiger partial charge in [-0.2, -0.15) is 13.2 Å². The number of halogens is 6. The Morgan fingerprint density at radius 2 is 1.94 bits per heavy atom. The van der Waals surface area contributed by atoms with Crippen LogP contribution < -0.4 is 15.6 Å². The maximum absolute atomic E-state index is 14.4. The fourth-order valence-electron chi connectivity index (χ4n) is 3.54. The third-order valence-corrected chi connectivity index (χ3v) is 5.28. The first kappa shape index (κ1) is 21.4. The third-order valence-electron chi connectivity index (χ3n) is 5.06. The number of hydrogen-bond donors (Lipinski definition) is 2. The molecule has 0 spiro atoms. The largest absolute Gasteiger partial charge is 0.493 e. The van der Waals surface area contributed by atoms with Gasteiger partial charge in [-0.05, 0) is 30.3 Å². The van der Waals surface area contributed by atoms with Crippen LogP contribution in [-0.2, 0) is 4.74 Å². The molecule has 1 aliphatic rings. The average Bonchev–Trinajstić information content (AvgIpc) is 3.46. The lowest BCUT2D eigenvalue weighted by Crippen LogP contribution is -2.42. The van der Waals surface area contributed by atoms with E-state index < -0.39 is 47.4 Å². The monoisotopic (exact) mass is 460 g/mol. The number of methoxy groups -OCH3 is 1. The van der Waals surface area contributed by atoms with Crippen LogP contribution in [0, 0.1) is 11.6 Å². The highest BCUT2D eigenvalue weighted by Crippen LogP contribution is 2.55. The van der Waals surface area contributed by atoms with Gasteiger partial charge in [-0.25, -0.2) is 8.78 Å². The second kappa shape index (κ2) is 7.38. The normalized spacial score (nSPS) is 19.3. The van der Waals surface area contributed by atoms with Gasteiger partial charge in [-0.1, -0.05) is 11.6 Å². The summed E-state index contributed by atoms with van der Waals surface area (Å²) in [6.07, 6.45) is -4.86. The number of H-pyrrole nitrogens is 1. The number of anilines is 1. The number of aromatic amines is 1. The van der Waals surface area contributed by atoms with Crippen molar-refractivity contribution in [1.29, 1.82) is 0 Å². The zero-order chi connectivity index (χ0) is 22.6. The van der Waals surface area contributed by atoms with Crippen LogP contribution in [0.5, 0.6) is 5.75 Å². The van der Waals surface area contributed by atoms with Crippen LogP contribution in [0.4, 0.5) is 27.6 Å². The molecule has 31 heavy (non-hydrogen) atoms. The zero-order valence-electron chi connectivity index (χ0n) is 15.7. The van der Waals surface area contributed by atoms with Crippen molar-refractivity contribution in [2.24, 2.45) is 0 Å². The Labute approximate surface area is 176 Å². The Balaban J connectivity index is 1.93. The van der Waals surface area contributed by atoms with Gasteiger partial charge in [-0.3, -0.25) is 4.79 Å². The molecule has 1 aliphatic heterocycles. The summed E-state index contributed by atoms with van der Waals surface area (Å²) in [5.41, 5.74) is -3.51. The summed E-state index contributed by atoms with van der Waals surface area (Å²) in [6.45, 7) is -0.713. The Hall–Kier alpha value is -2.85. The summed E-state index contributed by atoms with van der Waals surface area (Å²) in [6, 6.07) is 4.76. The predicted octanol–water partition coefficient (Wildman–Crippen LogP) is 4.95. The van der Waals surface area contributed by atoms with Gasteiger partial charge in [0, 0.05) is 27.7 Å². The summed E-state index contributed by atoms with van der Waals surface area (Å²) in [7, 11) is 1.10. The fourth-order valence-corrected chi connectivity index (χ4v) is 3.75. The van der Waals surface area contributed by atoms with Gasteiger partial charge in [0.1, 0.15) is 5.82 Å². The van der Waals surface area contributed by atoms with Crippen molar-refractivity contribution in [1.82, 2.24) is 4.98 Å². The number of fused-ring (bicyclic) bond motifs is 1. The fraction of sp³-hybridized carbons (Fsp3) is 0.250. The molecule has 11 heteroatoms. The molecule has 1 aromatic heterocycles. The van der Waals surface area contributed by atoms with E-state index in [0.29, 0.717) is 0 Å². The van der Waals surface area contributed by atoms with Crippen molar-refractivity contribution in [3.63, 3.8) is 0 Å². The van der Waals surface area contributed by atoms with Crippen LogP contribution in [0.1, 0.15) is 11.6 Å². The standard InChI is InChI=1S/C20H14ClF5N2O3/c1-30-17-12(4-9(21)5-13(17)23)18(19(8-31-19)20(24,25)26)28-15-7-10(22)6-14-11(15)2-3-16(29)27-14/h2-7,18,28H,8H2,1H3,(H,27,29). The summed E-state index contributed by atoms with van der Waals surface area (Å²) >= 11 is 5.90. The maximum atomic E-state index is 14.4. The number of hydrogen-bond acceptors (Lipinski definition) is 4. The zero-order valence-corrected chi connectivity index (χ0v) is 16.5. The average molecular weight is 461 g/mol. The van der Waals surface area contributed by atoms with E-state index in [0.717, 1.165) is 37.4 Å². The molecule has 0 bridgehead atoms. The second-order valence-electron chi connectivity index (χ2n) is 7.00. The van der Waals surface area contributed by atoms with Crippen LogP contribution in [0.25, 0.3) is 10.9 Å². The first-order valence-electron chi connectivity index (χ1n) is 8.88. The summed E-state index contributed by atoms with van der Waals surface area (Å²) < 4.78 is 80.3. The highest BCUT2D eigenvalue weighted by Gasteiger charge is 2.71. The number of ether oxygens (including phenoxy) is 2. The minimum atomic E-state index is -4.86. The topological polar surface area (TPSA) is 66.6 Å². The van der Waals surface area contributed by atoms with Crippen molar-refractivity contribution in [2.45, 2.75) is 17.8 Å². The Kier molecular flexibility index (Phi) is 5.09. The van der Waals surface area contributed by atoms with Crippen LogP contribution in [0.2, 0.25) is 5.02 Å². The molecular weight excluding hydrogens is 447 g/mol. The van der Waals surface area contributed by atoms with Crippen molar-refractivity contribution >= 4 is 28.2 Å². The number of epoxide rings is 1. The van der Waals surface area contributed by atoms with E-state index in [9.17, 15) is 26.7 Å². The minimum Gasteiger partial charge on any atom is -0.493 e. The van der Waals surface area contributed by atoms with Crippen LogP contribution in [0.15, 0.2) is 41.2 Å². The summed E-state index contributed by atoms with van der Waals surface area (Å²) in [5, 5.41) is 2.71. The molecule has 2 heterocycles. The third kappa shape index (κ3) is 3.70. The van der Waals surface area contributed by atoms with Crippen molar-refractivity contribution < 1.29 is 31.4 Å². The molecule has 5 nitrogen and oxygen atoms in total. The molecule has 0 aliphatic carbocycles. The van der Waals surface area contributed by atoms with Gasteiger partial charge >= 0.3 is 6.18 Å². The van der Waals surface area contributed by atoms with Gasteiger partial charge < -0.3 is 19.8 Å². The van der Waals surface area contributed by atoms with Crippen molar-refractivity contribution in [3.8, 4) is 5.75 Å². The van der Waals surface area contributed by atoms with Gasteiger partial charge in [0.15, 0.2) is 11.6 Å². The molecule has 1 saturated heterocycles. The predicted molar refractivity (Wildman–Crippen MR) is 104 cm³/mol. The van der Waals surface area contributed by atoms with E-state index >= 15 is 0 Å². The Morgan fingerprint density at radius 3 is 2.55 bits per heavy atom. The van der Waals surface area contributed by atoms with E-state index in [1.807, 2.05) is 0 Å². The molecule has 2 N–H and O–H groups in total. The van der Waals surface area contributed by atoms with E-state index in [2.05, 4.69) is 10.3 Å². The first-order chi connectivity index (χ1) is 14.6. The Morgan fingerprint density at radius 1 is 1.23 bits per heavy atom. The highest BCUT2D eigenvalue weighted by atomic mass is 35.5. The molecular formula is C20H14ClF5N2O3. The molecule has 2 unspecified atom stereocenters. The molecule has 0 amide bonds. The summed E-state index contributed by atoms with van der Waals surface area (Å²) in [5.74, 6) is -2.24. The molecule has 2 atom stereocenters. The quantitative estimate of drug-likeness (QED) is 0.417. The van der Waals surface area contributed by atoms with Gasteiger partial charge in [-0.15, -0.1) is 0 Å². The minimum absolute atomic E-state index is 0.0655. The second-order valence-corrected chi connectivity index (χ2v) is 7.44. The molecule has 1 fully saturated rings. The van der Waals surface area contributed by atoms with Gasteiger partial charge in [0.25, 0.3) is 0 Å². The van der Waals surface area contributed by atoms with Crippen LogP contribution in [-0.4, -0.2) is 30.5 Å². The number of alkyl halides is 3. The lowest BCUT2D eigenvalue weighted by Gasteiger charge is -2.30. The number of benzene rings is 2. The van der Waals surface area contributed by atoms with E-state index in [1.165, 1.54) is 6.07 Å². The number of pyridine rings is 1. The summed E-state index contributed by atoms with van der Waals surface area (Å²) in [4.78, 5) is 14.0. The van der Waals surface area contributed by atoms with Crippen molar-refractivity contribution in [3.05, 3.63) is 69.0 Å². The molecule has 0 saturated carbocycles. The molecule has 4 rings (SSSR count). The molecule has 3 aromatic rings. The van der Waals surface area contributed by atoms with Gasteiger partial charge in [0.05, 0.1) is 25.3 Å². The van der Waals surface area contributed by atoms with Gasteiger partial charge in [0.2, 0.25) is 11.2 Å². The highest BCUT2D eigenvalue weighted by molar-refractivity contribution is 6.30. The lowest BCUT2D eigenvalue weighted by atomic mass is 9.91. The number of rotatable bonds is 5. The van der Waals surface area contributed by atoms with E-state index in [4.69, 9.17) is 21.1 Å². The lowest BCUT2D eigenvalue weighted by molar-refractivity contribution is -0.188. The SMILES string of the molecule is COc1c(F)cc(Cl)cc1C(Nc1cc(F)cc2[nH]c(=O)ccc12)C1(C(F)(F)F)CO1. The smallest absolute Gasteiger partial charge is 0.422 e. The van der Waals surface area contributed by atoms with E-state index in [1.54, 1.807) is 0 Å². The van der Waals surface area contributed by atoms with Crippen LogP contribution >= 0.6 is 11.6 Å². The maximum Gasteiger partial charge on any atom is 0.422 e. The number of aromatic nitrogens is 1. The molecule has 2 aromatic carbocycles. The number of nitrogens with one attached hydrogen (secondary N) is 2. The first-order valence-corrected chi connectivity index (χ1v) is 9.26. The van der Waals surface area contributed by atoms with E-state index in [-0.39, 0.29) is 27.2 Å². The van der Waals surface area contributed by atoms with Crippen molar-refractivity contribution in [2.75, 3.05) is 19.0 Å². The van der Waals surface area contributed by atoms with Crippen LogP contribution in [0.3, 0.4) is 0 Å². The Bertz CT molecular complexity index is 1220.